The van der Waals surface area contributed by atoms with Crippen LogP contribution < -0.4 is 10.6 Å². The molecule has 3 aromatic rings. The predicted molar refractivity (Wildman–Crippen MR) is 151 cm³/mol. The van der Waals surface area contributed by atoms with E-state index in [2.05, 4.69) is 20.6 Å². The summed E-state index contributed by atoms with van der Waals surface area (Å²) in [7, 11) is 1.75. The number of likely N-dealkylation sites (N-methyl/N-ethyl adjacent to an activating group) is 1. The van der Waals surface area contributed by atoms with E-state index in [1.54, 1.807) is 24.9 Å². The summed E-state index contributed by atoms with van der Waals surface area (Å²) in [6.45, 7) is 4.20. The molecule has 5 rings (SSSR count). The van der Waals surface area contributed by atoms with Gasteiger partial charge in [0.2, 0.25) is 17.8 Å². The minimum atomic E-state index is -0.757. The van der Waals surface area contributed by atoms with Crippen LogP contribution in [0.3, 0.4) is 0 Å². The monoisotopic (exact) mass is 562 g/mol. The topological polar surface area (TPSA) is 128 Å². The molecule has 0 bridgehead atoms. The second-order valence-corrected chi connectivity index (χ2v) is 10.8. The molecule has 0 saturated carbocycles. The number of amides is 3. The van der Waals surface area contributed by atoms with E-state index in [1.165, 1.54) is 11.1 Å². The minimum Gasteiger partial charge on any atom is -0.394 e. The van der Waals surface area contributed by atoms with Crippen molar-refractivity contribution in [3.8, 4) is 11.3 Å². The highest BCUT2D eigenvalue weighted by atomic mass is 35.5. The maximum absolute atomic E-state index is 13.4. The van der Waals surface area contributed by atoms with Crippen molar-refractivity contribution in [1.82, 2.24) is 25.1 Å². The van der Waals surface area contributed by atoms with Gasteiger partial charge >= 0.3 is 0 Å². The van der Waals surface area contributed by atoms with Crippen LogP contribution >= 0.6 is 11.6 Å². The van der Waals surface area contributed by atoms with Crippen molar-refractivity contribution >= 4 is 35.3 Å². The van der Waals surface area contributed by atoms with E-state index >= 15 is 0 Å². The van der Waals surface area contributed by atoms with E-state index in [0.29, 0.717) is 40.8 Å². The first-order valence-electron chi connectivity index (χ1n) is 13.1. The molecule has 3 atom stereocenters. The summed E-state index contributed by atoms with van der Waals surface area (Å²) in [5.74, 6) is -0.226. The van der Waals surface area contributed by atoms with Gasteiger partial charge in [-0.1, -0.05) is 53.6 Å². The van der Waals surface area contributed by atoms with Gasteiger partial charge in [-0.05, 0) is 31.0 Å². The Morgan fingerprint density at radius 2 is 2.02 bits per heavy atom. The molecule has 0 aliphatic carbocycles. The van der Waals surface area contributed by atoms with Crippen LogP contribution in [0.4, 0.5) is 5.95 Å². The fourth-order valence-electron chi connectivity index (χ4n) is 5.12. The van der Waals surface area contributed by atoms with Crippen molar-refractivity contribution in [3.05, 3.63) is 75.9 Å². The van der Waals surface area contributed by atoms with Crippen molar-refractivity contribution in [2.75, 3.05) is 25.5 Å². The third-order valence-corrected chi connectivity index (χ3v) is 7.70. The number of hydrogen-bond acceptors (Lipinski definition) is 7. The fourth-order valence-corrected chi connectivity index (χ4v) is 5.32. The second-order valence-electron chi connectivity index (χ2n) is 10.3. The molecule has 3 heterocycles. The van der Waals surface area contributed by atoms with Crippen molar-refractivity contribution in [2.24, 2.45) is 0 Å². The van der Waals surface area contributed by atoms with Gasteiger partial charge in [-0.25, -0.2) is 9.97 Å². The van der Waals surface area contributed by atoms with E-state index in [0.717, 1.165) is 16.7 Å². The lowest BCUT2D eigenvalue weighted by Gasteiger charge is -2.26. The number of aliphatic hydroxyl groups is 1. The Bertz CT molecular complexity index is 1480. The highest BCUT2D eigenvalue weighted by Gasteiger charge is 2.35. The van der Waals surface area contributed by atoms with Gasteiger partial charge in [0.25, 0.3) is 5.91 Å². The number of fused-ring (bicyclic) bond motifs is 1. The average Bonchev–Trinajstić information content (AvgIpc) is 3.44. The van der Waals surface area contributed by atoms with Crippen LogP contribution in [0.15, 0.2) is 48.7 Å². The summed E-state index contributed by atoms with van der Waals surface area (Å²) in [5, 5.41) is 16.3. The number of aromatic nitrogens is 2. The Morgan fingerprint density at radius 1 is 1.23 bits per heavy atom. The van der Waals surface area contributed by atoms with E-state index in [1.807, 2.05) is 43.3 Å². The smallest absolute Gasteiger partial charge is 0.255 e. The molecular weight excluding hydrogens is 532 g/mol. The number of aryl methyl sites for hydroxylation is 1. The summed E-state index contributed by atoms with van der Waals surface area (Å²) >= 11 is 6.44. The van der Waals surface area contributed by atoms with Crippen LogP contribution in [0.1, 0.15) is 46.4 Å². The third kappa shape index (κ3) is 5.50. The summed E-state index contributed by atoms with van der Waals surface area (Å²) in [4.78, 5) is 50.4. The van der Waals surface area contributed by atoms with Gasteiger partial charge in [-0.2, -0.15) is 0 Å². The van der Waals surface area contributed by atoms with Crippen LogP contribution in [0.25, 0.3) is 11.3 Å². The lowest BCUT2D eigenvalue weighted by atomic mass is 10.0. The Kier molecular flexibility index (Phi) is 7.73. The third-order valence-electron chi connectivity index (χ3n) is 7.42. The van der Waals surface area contributed by atoms with Crippen LogP contribution in [0.5, 0.6) is 0 Å². The van der Waals surface area contributed by atoms with Gasteiger partial charge in [0.15, 0.2) is 0 Å². The number of hydrogen-bond donors (Lipinski definition) is 3. The normalized spacial score (nSPS) is 18.1. The van der Waals surface area contributed by atoms with Crippen molar-refractivity contribution in [3.63, 3.8) is 0 Å². The maximum atomic E-state index is 13.4. The molecule has 10 nitrogen and oxygen atoms in total. The SMILES string of the molecule is Cc1cccc([C@@H](CO)NC(=O)[C@@H](C)N2Cc3ccc(-c4nc(NC5CC(=O)N(C)C5)ncc4Cl)cc3C2=O)c1. The number of carbonyl (C=O) groups excluding carboxylic acids is 3. The molecule has 11 heteroatoms. The molecule has 2 aliphatic rings. The van der Waals surface area contributed by atoms with Gasteiger partial charge in [-0.3, -0.25) is 14.4 Å². The number of likely N-dealkylation sites (tertiary alicyclic amines) is 1. The molecular formula is C29H31ClN6O4. The molecule has 40 heavy (non-hydrogen) atoms. The number of halogens is 1. The Balaban J connectivity index is 1.31. The molecule has 0 spiro atoms. The molecule has 1 aromatic heterocycles. The van der Waals surface area contributed by atoms with Gasteiger partial charge in [-0.15, -0.1) is 0 Å². The standard InChI is InChI=1S/C29H31ClN6O4/c1-16-5-4-6-18(9-16)24(15-37)33-27(39)17(2)36-13-20-8-7-19(10-22(20)28(36)40)26-23(30)12-31-29(34-26)32-21-11-25(38)35(3)14-21/h4-10,12,17,21,24,37H,11,13-15H2,1-3H3,(H,33,39)(H,31,32,34)/t17-,21?,24-/m1/s1. The van der Waals surface area contributed by atoms with Crippen molar-refractivity contribution in [1.29, 1.82) is 0 Å². The number of carbonyl (C=O) groups is 3. The number of aliphatic hydroxyl groups excluding tert-OH is 1. The number of anilines is 1. The van der Waals surface area contributed by atoms with Gasteiger partial charge in [0, 0.05) is 37.7 Å². The van der Waals surface area contributed by atoms with Crippen molar-refractivity contribution < 1.29 is 19.5 Å². The molecule has 1 fully saturated rings. The first-order chi connectivity index (χ1) is 19.1. The highest BCUT2D eigenvalue weighted by molar-refractivity contribution is 6.33. The molecule has 2 aliphatic heterocycles. The maximum Gasteiger partial charge on any atom is 0.255 e. The van der Waals surface area contributed by atoms with E-state index in [-0.39, 0.29) is 36.9 Å². The average molecular weight is 563 g/mol. The Labute approximate surface area is 237 Å². The first-order valence-corrected chi connectivity index (χ1v) is 13.5. The highest BCUT2D eigenvalue weighted by Crippen LogP contribution is 2.32. The lowest BCUT2D eigenvalue weighted by molar-refractivity contribution is -0.127. The first kappa shape index (κ1) is 27.5. The van der Waals surface area contributed by atoms with Crippen LogP contribution in [0, 0.1) is 6.92 Å². The zero-order chi connectivity index (χ0) is 28.6. The van der Waals surface area contributed by atoms with Gasteiger partial charge < -0.3 is 25.5 Å². The number of benzene rings is 2. The Morgan fingerprint density at radius 3 is 2.73 bits per heavy atom. The van der Waals surface area contributed by atoms with E-state index in [4.69, 9.17) is 11.6 Å². The zero-order valence-corrected chi connectivity index (χ0v) is 23.3. The largest absolute Gasteiger partial charge is 0.394 e. The minimum absolute atomic E-state index is 0.0540. The summed E-state index contributed by atoms with van der Waals surface area (Å²) in [6, 6.07) is 11.5. The van der Waals surface area contributed by atoms with Gasteiger partial charge in [0.05, 0.1) is 35.6 Å². The number of nitrogens with one attached hydrogen (secondary N) is 2. The van der Waals surface area contributed by atoms with E-state index < -0.39 is 12.1 Å². The van der Waals surface area contributed by atoms with E-state index in [9.17, 15) is 19.5 Å². The summed E-state index contributed by atoms with van der Waals surface area (Å²) < 4.78 is 0. The molecule has 2 aromatic carbocycles. The zero-order valence-electron chi connectivity index (χ0n) is 22.5. The van der Waals surface area contributed by atoms with Crippen LogP contribution in [-0.2, 0) is 16.1 Å². The number of nitrogens with zero attached hydrogens (tertiary/aromatic N) is 4. The summed E-state index contributed by atoms with van der Waals surface area (Å²) in [6.07, 6.45) is 1.85. The van der Waals surface area contributed by atoms with Crippen LogP contribution in [-0.4, -0.2) is 74.9 Å². The lowest BCUT2D eigenvalue weighted by Crippen LogP contribution is -2.46. The molecule has 1 unspecified atom stereocenters. The summed E-state index contributed by atoms with van der Waals surface area (Å²) in [5.41, 5.74) is 4.18. The molecule has 1 saturated heterocycles. The Hall–Kier alpha value is -4.02. The van der Waals surface area contributed by atoms with Gasteiger partial charge in [0.1, 0.15) is 6.04 Å². The number of rotatable bonds is 8. The second kappa shape index (κ2) is 11.2. The van der Waals surface area contributed by atoms with Crippen LogP contribution in [0.2, 0.25) is 5.02 Å². The quantitative estimate of drug-likeness (QED) is 0.385. The fraction of sp³-hybridized carbons (Fsp3) is 0.345. The van der Waals surface area contributed by atoms with Crippen molar-refractivity contribution in [2.45, 2.75) is 44.9 Å². The molecule has 208 valence electrons. The molecule has 3 N–H and O–H groups in total. The predicted octanol–water partition coefficient (Wildman–Crippen LogP) is 2.94. The molecule has 3 amide bonds. The molecule has 0 radical (unpaired) electrons.